The molecule has 0 heterocycles. The predicted octanol–water partition coefficient (Wildman–Crippen LogP) is 5.00. The van der Waals surface area contributed by atoms with E-state index in [2.05, 4.69) is 44.0 Å². The molecule has 0 aliphatic heterocycles. The van der Waals surface area contributed by atoms with E-state index in [0.29, 0.717) is 11.5 Å². The highest BCUT2D eigenvalue weighted by atomic mass is 16.2. The molecule has 0 saturated carbocycles. The molecule has 0 radical (unpaired) electrons. The van der Waals surface area contributed by atoms with Crippen molar-refractivity contribution in [2.75, 3.05) is 0 Å². The van der Waals surface area contributed by atoms with E-state index in [4.69, 9.17) is 0 Å². The Kier molecular flexibility index (Phi) is 5.43. The molecule has 0 spiro atoms. The van der Waals surface area contributed by atoms with Gasteiger partial charge in [-0.1, -0.05) is 51.1 Å². The molecule has 1 aliphatic carbocycles. The molecule has 1 aromatic carbocycles. The summed E-state index contributed by atoms with van der Waals surface area (Å²) in [5.74, 6) is 0.239. The topological polar surface area (TPSA) is 41.5 Å². The Morgan fingerprint density at radius 2 is 1.88 bits per heavy atom. The van der Waals surface area contributed by atoms with E-state index >= 15 is 0 Å². The summed E-state index contributed by atoms with van der Waals surface area (Å²) in [7, 11) is 0. The molecule has 0 bridgehead atoms. The second-order valence-electron chi connectivity index (χ2n) is 7.70. The van der Waals surface area contributed by atoms with Crippen molar-refractivity contribution in [3.8, 4) is 0 Å². The minimum absolute atomic E-state index is 0.0802. The average Bonchev–Trinajstić information content (AvgIpc) is 2.52. The van der Waals surface area contributed by atoms with Crippen molar-refractivity contribution in [2.45, 2.75) is 52.9 Å². The summed E-state index contributed by atoms with van der Waals surface area (Å²) in [6.07, 6.45) is 4.01. The Bertz CT molecular complexity index is 688. The number of hydrogen-bond donors (Lipinski definition) is 1. The number of carbonyl (C=O) groups is 1. The van der Waals surface area contributed by atoms with Gasteiger partial charge in [0, 0.05) is 5.56 Å². The highest BCUT2D eigenvalue weighted by molar-refractivity contribution is 6.02. The molecule has 24 heavy (non-hydrogen) atoms. The molecule has 1 atom stereocenters. The maximum atomic E-state index is 12.3. The summed E-state index contributed by atoms with van der Waals surface area (Å²) in [6.45, 7) is 14.6. The van der Waals surface area contributed by atoms with Crippen molar-refractivity contribution < 1.29 is 4.79 Å². The van der Waals surface area contributed by atoms with E-state index in [1.165, 1.54) is 5.56 Å². The van der Waals surface area contributed by atoms with Crippen LogP contribution in [0.4, 0.5) is 0 Å². The highest BCUT2D eigenvalue weighted by Crippen LogP contribution is 2.26. The summed E-state index contributed by atoms with van der Waals surface area (Å²) in [4.78, 5) is 12.3. The number of nitrogens with zero attached hydrogens (tertiary/aromatic N) is 1. The van der Waals surface area contributed by atoms with E-state index in [9.17, 15) is 4.79 Å². The minimum atomic E-state index is -0.173. The van der Waals surface area contributed by atoms with Crippen LogP contribution in [0.1, 0.15) is 63.4 Å². The van der Waals surface area contributed by atoms with Crippen LogP contribution in [0.3, 0.4) is 0 Å². The van der Waals surface area contributed by atoms with Crippen LogP contribution in [-0.2, 0) is 5.41 Å². The molecule has 128 valence electrons. The molecule has 3 heteroatoms. The SMILES string of the molecule is C=C(C)C1CC=C(C)/C(=N\NC(=O)c2ccc(C(C)(C)C)cc2)C1. The first-order valence-corrected chi connectivity index (χ1v) is 8.48. The number of nitrogens with one attached hydrogen (secondary N) is 1. The summed E-state index contributed by atoms with van der Waals surface area (Å²) < 4.78 is 0. The van der Waals surface area contributed by atoms with E-state index in [1.807, 2.05) is 38.1 Å². The fourth-order valence-corrected chi connectivity index (χ4v) is 2.73. The van der Waals surface area contributed by atoms with Gasteiger partial charge >= 0.3 is 0 Å². The molecular formula is C21H28N2O. The third-order valence-electron chi connectivity index (χ3n) is 4.61. The van der Waals surface area contributed by atoms with Crippen LogP contribution in [0, 0.1) is 5.92 Å². The fourth-order valence-electron chi connectivity index (χ4n) is 2.73. The molecule has 1 unspecified atom stereocenters. The number of hydrazone groups is 1. The summed E-state index contributed by atoms with van der Waals surface area (Å²) in [6, 6.07) is 7.72. The summed E-state index contributed by atoms with van der Waals surface area (Å²) in [5, 5.41) is 4.35. The Morgan fingerprint density at radius 1 is 1.25 bits per heavy atom. The third-order valence-corrected chi connectivity index (χ3v) is 4.61. The van der Waals surface area contributed by atoms with Crippen LogP contribution in [0.15, 0.2) is 53.2 Å². The van der Waals surface area contributed by atoms with Crippen molar-refractivity contribution in [1.29, 1.82) is 0 Å². The quantitative estimate of drug-likeness (QED) is 0.617. The summed E-state index contributed by atoms with van der Waals surface area (Å²) in [5.41, 5.74) is 7.85. The monoisotopic (exact) mass is 324 g/mol. The van der Waals surface area contributed by atoms with Crippen LogP contribution in [0.2, 0.25) is 0 Å². The molecule has 0 saturated heterocycles. The number of amides is 1. The van der Waals surface area contributed by atoms with Gasteiger partial charge in [-0.3, -0.25) is 4.79 Å². The van der Waals surface area contributed by atoms with Crippen LogP contribution < -0.4 is 5.43 Å². The first-order chi connectivity index (χ1) is 11.2. The number of hydrogen-bond acceptors (Lipinski definition) is 2. The van der Waals surface area contributed by atoms with Crippen LogP contribution in [0.5, 0.6) is 0 Å². The van der Waals surface area contributed by atoms with Gasteiger partial charge in [-0.05, 0) is 61.3 Å². The van der Waals surface area contributed by atoms with Gasteiger partial charge in [0.25, 0.3) is 5.91 Å². The van der Waals surface area contributed by atoms with Gasteiger partial charge in [-0.15, -0.1) is 0 Å². The van der Waals surface area contributed by atoms with E-state index in [1.54, 1.807) is 0 Å². The zero-order valence-corrected chi connectivity index (χ0v) is 15.4. The number of carbonyl (C=O) groups excluding carboxylic acids is 1. The van der Waals surface area contributed by atoms with Crippen molar-refractivity contribution in [2.24, 2.45) is 11.0 Å². The lowest BCUT2D eigenvalue weighted by molar-refractivity contribution is 0.0954. The lowest BCUT2D eigenvalue weighted by atomic mass is 9.85. The molecule has 1 aromatic rings. The Labute approximate surface area is 145 Å². The largest absolute Gasteiger partial charge is 0.271 e. The minimum Gasteiger partial charge on any atom is -0.267 e. The Morgan fingerprint density at radius 3 is 2.42 bits per heavy atom. The summed E-state index contributed by atoms with van der Waals surface area (Å²) >= 11 is 0. The van der Waals surface area contributed by atoms with Gasteiger partial charge in [0.05, 0.1) is 5.71 Å². The van der Waals surface area contributed by atoms with Crippen molar-refractivity contribution in [1.82, 2.24) is 5.43 Å². The van der Waals surface area contributed by atoms with Crippen LogP contribution in [-0.4, -0.2) is 11.6 Å². The van der Waals surface area contributed by atoms with Crippen LogP contribution in [0.25, 0.3) is 0 Å². The van der Waals surface area contributed by atoms with Gasteiger partial charge < -0.3 is 0 Å². The normalized spacial score (nSPS) is 19.8. The van der Waals surface area contributed by atoms with Gasteiger partial charge in [-0.2, -0.15) is 5.10 Å². The highest BCUT2D eigenvalue weighted by Gasteiger charge is 2.19. The molecule has 3 nitrogen and oxygen atoms in total. The van der Waals surface area contributed by atoms with Gasteiger partial charge in [0.1, 0.15) is 0 Å². The van der Waals surface area contributed by atoms with Crippen LogP contribution >= 0.6 is 0 Å². The van der Waals surface area contributed by atoms with Gasteiger partial charge in [0.15, 0.2) is 0 Å². The van der Waals surface area contributed by atoms with Crippen molar-refractivity contribution >= 4 is 11.6 Å². The molecule has 0 aromatic heterocycles. The second kappa shape index (κ2) is 7.16. The van der Waals surface area contributed by atoms with Crippen molar-refractivity contribution in [3.63, 3.8) is 0 Å². The average molecular weight is 324 g/mol. The zero-order chi connectivity index (χ0) is 17.9. The first-order valence-electron chi connectivity index (χ1n) is 8.48. The first kappa shape index (κ1) is 18.2. The standard InChI is InChI=1S/C21H28N2O/c1-14(2)17-8-7-15(3)19(13-17)22-23-20(24)16-9-11-18(12-10-16)21(4,5)6/h7,9-12,17H,1,8,13H2,2-6H3,(H,23,24)/b22-19-. The maximum absolute atomic E-state index is 12.3. The molecule has 1 aliphatic rings. The number of rotatable bonds is 3. The maximum Gasteiger partial charge on any atom is 0.271 e. The molecular weight excluding hydrogens is 296 g/mol. The molecule has 1 amide bonds. The predicted molar refractivity (Wildman–Crippen MR) is 101 cm³/mol. The Hall–Kier alpha value is -2.16. The molecule has 2 rings (SSSR count). The van der Waals surface area contributed by atoms with E-state index < -0.39 is 0 Å². The third kappa shape index (κ3) is 4.44. The lowest BCUT2D eigenvalue weighted by Gasteiger charge is -2.22. The Balaban J connectivity index is 2.08. The van der Waals surface area contributed by atoms with Gasteiger partial charge in [0.2, 0.25) is 0 Å². The lowest BCUT2D eigenvalue weighted by Crippen LogP contribution is -2.23. The van der Waals surface area contributed by atoms with Gasteiger partial charge in [-0.25, -0.2) is 5.43 Å². The van der Waals surface area contributed by atoms with E-state index in [-0.39, 0.29) is 11.3 Å². The van der Waals surface area contributed by atoms with Crippen molar-refractivity contribution in [3.05, 3.63) is 59.2 Å². The fraction of sp³-hybridized carbons (Fsp3) is 0.429. The smallest absolute Gasteiger partial charge is 0.267 e. The molecule has 1 N–H and O–H groups in total. The molecule has 0 fully saturated rings. The van der Waals surface area contributed by atoms with E-state index in [0.717, 1.165) is 29.7 Å². The zero-order valence-electron chi connectivity index (χ0n) is 15.4. The number of allylic oxidation sites excluding steroid dienone is 3. The second-order valence-corrected chi connectivity index (χ2v) is 7.70. The number of benzene rings is 1.